The molecule has 0 aliphatic heterocycles. The van der Waals surface area contributed by atoms with Crippen LogP contribution in [0.15, 0.2) is 42.1 Å². The van der Waals surface area contributed by atoms with E-state index < -0.39 is 8.07 Å². The van der Waals surface area contributed by atoms with Gasteiger partial charge in [0.2, 0.25) is 0 Å². The van der Waals surface area contributed by atoms with Crippen molar-refractivity contribution in [3.63, 3.8) is 0 Å². The molecule has 2 nitrogen and oxygen atoms in total. The highest BCUT2D eigenvalue weighted by Gasteiger charge is 2.13. The first-order valence-electron chi connectivity index (χ1n) is 5.80. The van der Waals surface area contributed by atoms with Crippen LogP contribution < -0.4 is 0 Å². The first-order chi connectivity index (χ1) is 7.88. The van der Waals surface area contributed by atoms with Crippen LogP contribution in [0.2, 0.25) is 19.6 Å². The van der Waals surface area contributed by atoms with Crippen LogP contribution in [0.5, 0.6) is 0 Å². The Hall–Kier alpha value is -1.35. The molecule has 0 saturated carbocycles. The Labute approximate surface area is 104 Å². The molecule has 0 radical (unpaired) electrons. The normalized spacial score (nSPS) is 13.6. The second kappa shape index (κ2) is 5.82. The lowest BCUT2D eigenvalue weighted by Gasteiger charge is -2.16. The Bertz CT molecular complexity index is 390. The lowest BCUT2D eigenvalue weighted by molar-refractivity contribution is -0.144. The van der Waals surface area contributed by atoms with E-state index in [-0.39, 0.29) is 12.1 Å². The van der Waals surface area contributed by atoms with E-state index in [0.717, 1.165) is 5.56 Å². The molecule has 1 rings (SSSR count). The van der Waals surface area contributed by atoms with Crippen LogP contribution in [0.25, 0.3) is 0 Å². The summed E-state index contributed by atoms with van der Waals surface area (Å²) in [7, 11) is -1.28. The van der Waals surface area contributed by atoms with E-state index >= 15 is 0 Å². The summed E-state index contributed by atoms with van der Waals surface area (Å²) in [6.07, 6.45) is 1.74. The summed E-state index contributed by atoms with van der Waals surface area (Å²) in [6.45, 7) is 8.19. The molecule has 92 valence electrons. The van der Waals surface area contributed by atoms with E-state index in [2.05, 4.69) is 25.3 Å². The fourth-order valence-electron chi connectivity index (χ4n) is 1.42. The van der Waals surface area contributed by atoms with E-state index in [1.54, 1.807) is 0 Å². The molecule has 0 spiro atoms. The third-order valence-electron chi connectivity index (χ3n) is 2.19. The molecule has 0 aliphatic carbocycles. The first-order valence-corrected chi connectivity index (χ1v) is 9.38. The highest BCUT2D eigenvalue weighted by molar-refractivity contribution is 6.80. The fraction of sp³-hybridized carbons (Fsp3) is 0.357. The van der Waals surface area contributed by atoms with E-state index in [1.807, 2.05) is 36.4 Å². The van der Waals surface area contributed by atoms with Gasteiger partial charge in [0.05, 0.1) is 8.07 Å². The molecule has 0 aliphatic rings. The van der Waals surface area contributed by atoms with Crippen LogP contribution in [0.4, 0.5) is 0 Å². The minimum absolute atomic E-state index is 0.251. The number of ether oxygens (including phenoxy) is 1. The zero-order chi connectivity index (χ0) is 12.9. The Morgan fingerprint density at radius 3 is 2.29 bits per heavy atom. The summed E-state index contributed by atoms with van der Waals surface area (Å²) in [6, 6.07) is 9.81. The molecule has 1 atom stereocenters. The van der Waals surface area contributed by atoms with Gasteiger partial charge in [-0.05, 0) is 11.6 Å². The van der Waals surface area contributed by atoms with E-state index in [4.69, 9.17) is 4.74 Å². The Morgan fingerprint density at radius 2 is 1.82 bits per heavy atom. The van der Waals surface area contributed by atoms with Crippen LogP contribution >= 0.6 is 0 Å². The molecule has 0 saturated heterocycles. The van der Waals surface area contributed by atoms with Gasteiger partial charge in [0.15, 0.2) is 0 Å². The Kier molecular flexibility index (Phi) is 4.69. The minimum atomic E-state index is -1.28. The van der Waals surface area contributed by atoms with Crippen molar-refractivity contribution in [2.24, 2.45) is 0 Å². The highest BCUT2D eigenvalue weighted by atomic mass is 28.3. The van der Waals surface area contributed by atoms with Gasteiger partial charge in [-0.2, -0.15) is 0 Å². The molecule has 1 aromatic rings. The molecule has 3 heteroatoms. The molecule has 0 N–H and O–H groups in total. The zero-order valence-corrected chi connectivity index (χ0v) is 11.9. The number of carbonyl (C=O) groups is 1. The van der Waals surface area contributed by atoms with E-state index in [9.17, 15) is 4.79 Å². The van der Waals surface area contributed by atoms with Crippen molar-refractivity contribution in [1.29, 1.82) is 0 Å². The maximum atomic E-state index is 11.1. The van der Waals surface area contributed by atoms with Gasteiger partial charge < -0.3 is 4.74 Å². The van der Waals surface area contributed by atoms with E-state index in [1.165, 1.54) is 6.92 Å². The van der Waals surface area contributed by atoms with Gasteiger partial charge in [0.1, 0.15) is 6.10 Å². The summed E-state index contributed by atoms with van der Waals surface area (Å²) in [4.78, 5) is 11.1. The molecular weight excluding hydrogens is 228 g/mol. The maximum absolute atomic E-state index is 11.1. The Balaban J connectivity index is 2.89. The summed E-state index contributed by atoms with van der Waals surface area (Å²) >= 11 is 0. The fourth-order valence-corrected chi connectivity index (χ4v) is 2.17. The number of hydrogen-bond acceptors (Lipinski definition) is 2. The van der Waals surface area contributed by atoms with Gasteiger partial charge in [-0.3, -0.25) is 4.79 Å². The highest BCUT2D eigenvalue weighted by Crippen LogP contribution is 2.20. The summed E-state index contributed by atoms with van der Waals surface area (Å²) in [5.74, 6) is -0.251. The summed E-state index contributed by atoms with van der Waals surface area (Å²) < 4.78 is 5.33. The largest absolute Gasteiger partial charge is 0.453 e. The summed E-state index contributed by atoms with van der Waals surface area (Å²) in [5.41, 5.74) is 3.21. The quantitative estimate of drug-likeness (QED) is 0.599. The van der Waals surface area contributed by atoms with Crippen LogP contribution in [-0.4, -0.2) is 14.0 Å². The van der Waals surface area contributed by atoms with Crippen molar-refractivity contribution in [1.82, 2.24) is 0 Å². The molecule has 17 heavy (non-hydrogen) atoms. The lowest BCUT2D eigenvalue weighted by atomic mass is 10.1. The van der Waals surface area contributed by atoms with Crippen molar-refractivity contribution < 1.29 is 9.53 Å². The number of esters is 1. The average Bonchev–Trinajstić information content (AvgIpc) is 2.24. The zero-order valence-electron chi connectivity index (χ0n) is 10.9. The van der Waals surface area contributed by atoms with Crippen molar-refractivity contribution in [3.8, 4) is 0 Å². The average molecular weight is 248 g/mol. The second-order valence-electron chi connectivity index (χ2n) is 5.17. The number of benzene rings is 1. The van der Waals surface area contributed by atoms with Crippen LogP contribution in [-0.2, 0) is 9.53 Å². The molecule has 1 aromatic carbocycles. The van der Waals surface area contributed by atoms with Gasteiger partial charge in [0, 0.05) is 6.92 Å². The van der Waals surface area contributed by atoms with Gasteiger partial charge in [-0.1, -0.05) is 55.7 Å². The predicted molar refractivity (Wildman–Crippen MR) is 73.4 cm³/mol. The molecule has 1 unspecified atom stereocenters. The monoisotopic (exact) mass is 248 g/mol. The number of rotatable bonds is 4. The molecule has 0 aromatic heterocycles. The van der Waals surface area contributed by atoms with Gasteiger partial charge in [-0.25, -0.2) is 0 Å². The maximum Gasteiger partial charge on any atom is 0.303 e. The molecule has 0 amide bonds. The second-order valence-corrected chi connectivity index (χ2v) is 10.2. The van der Waals surface area contributed by atoms with Crippen molar-refractivity contribution in [3.05, 3.63) is 47.7 Å². The molecule has 0 heterocycles. The predicted octanol–water partition coefficient (Wildman–Crippen LogP) is 3.72. The third kappa shape index (κ3) is 5.50. The minimum Gasteiger partial charge on any atom is -0.453 e. The SMILES string of the molecule is CC(=O)OC(C=C[Si](C)(C)C)c1ccccc1. The van der Waals surface area contributed by atoms with Gasteiger partial charge in [0.25, 0.3) is 0 Å². The summed E-state index contributed by atoms with van der Waals surface area (Å²) in [5, 5.41) is 0. The Morgan fingerprint density at radius 1 is 1.24 bits per heavy atom. The van der Waals surface area contributed by atoms with Crippen molar-refractivity contribution in [2.75, 3.05) is 0 Å². The molecule has 0 fully saturated rings. The standard InChI is InChI=1S/C14H20O2Si/c1-12(15)16-14(10-11-17(2,3)4)13-8-6-5-7-9-13/h5-11,14H,1-4H3. The van der Waals surface area contributed by atoms with Crippen LogP contribution in [0.3, 0.4) is 0 Å². The third-order valence-corrected chi connectivity index (χ3v) is 3.38. The smallest absolute Gasteiger partial charge is 0.303 e. The van der Waals surface area contributed by atoms with Crippen molar-refractivity contribution >= 4 is 14.0 Å². The topological polar surface area (TPSA) is 26.3 Å². The van der Waals surface area contributed by atoms with Crippen LogP contribution in [0, 0.1) is 0 Å². The van der Waals surface area contributed by atoms with Crippen LogP contribution in [0.1, 0.15) is 18.6 Å². The molecule has 0 bridgehead atoms. The molecular formula is C14H20O2Si. The van der Waals surface area contributed by atoms with E-state index in [0.29, 0.717) is 0 Å². The lowest BCUT2D eigenvalue weighted by Crippen LogP contribution is -2.17. The first kappa shape index (κ1) is 13.7. The number of hydrogen-bond donors (Lipinski definition) is 0. The van der Waals surface area contributed by atoms with Gasteiger partial charge in [-0.15, -0.1) is 0 Å². The number of carbonyl (C=O) groups excluding carboxylic acids is 1. The van der Waals surface area contributed by atoms with Gasteiger partial charge >= 0.3 is 5.97 Å². The van der Waals surface area contributed by atoms with Crippen molar-refractivity contribution in [2.45, 2.75) is 32.7 Å².